The first kappa shape index (κ1) is 17.5. The fourth-order valence-corrected chi connectivity index (χ4v) is 3.88. The minimum atomic E-state index is -0.272. The number of amides is 1. The summed E-state index contributed by atoms with van der Waals surface area (Å²) in [7, 11) is 0. The molecule has 0 radical (unpaired) electrons. The molecule has 8 heteroatoms. The molecule has 25 heavy (non-hydrogen) atoms. The molecule has 0 aliphatic rings. The molecule has 0 spiro atoms. The maximum atomic E-state index is 12.5. The standard InChI is InChI=1S/C17H19N5OS2/c1-2-13(16(23)19-11-12-7-4-3-5-8-12)25-17-21-20-15(22(17)18)14-9-6-10-24-14/h3-10,13H,2,11,18H2,1H3,(H,19,23). The van der Waals surface area contributed by atoms with Crippen molar-refractivity contribution < 1.29 is 4.79 Å². The number of aromatic nitrogens is 3. The molecule has 1 amide bonds. The van der Waals surface area contributed by atoms with Crippen LogP contribution < -0.4 is 11.2 Å². The van der Waals surface area contributed by atoms with Gasteiger partial charge in [-0.15, -0.1) is 21.5 Å². The van der Waals surface area contributed by atoms with Crippen molar-refractivity contribution in [1.82, 2.24) is 20.2 Å². The van der Waals surface area contributed by atoms with Crippen LogP contribution in [0.3, 0.4) is 0 Å². The van der Waals surface area contributed by atoms with Gasteiger partial charge >= 0.3 is 0 Å². The number of thiophene rings is 1. The van der Waals surface area contributed by atoms with Crippen LogP contribution in [0.4, 0.5) is 0 Å². The highest BCUT2D eigenvalue weighted by Crippen LogP contribution is 2.28. The number of nitrogens with zero attached hydrogens (tertiary/aromatic N) is 3. The Labute approximate surface area is 154 Å². The number of hydrogen-bond donors (Lipinski definition) is 2. The Kier molecular flexibility index (Phi) is 5.72. The number of nitrogens with one attached hydrogen (secondary N) is 1. The highest BCUT2D eigenvalue weighted by atomic mass is 32.2. The van der Waals surface area contributed by atoms with Crippen molar-refractivity contribution in [3.05, 3.63) is 53.4 Å². The van der Waals surface area contributed by atoms with Crippen LogP contribution in [0.2, 0.25) is 0 Å². The van der Waals surface area contributed by atoms with Gasteiger partial charge in [-0.25, -0.2) is 4.68 Å². The summed E-state index contributed by atoms with van der Waals surface area (Å²) in [6.45, 7) is 2.48. The minimum Gasteiger partial charge on any atom is -0.351 e. The number of hydrogen-bond acceptors (Lipinski definition) is 6. The zero-order valence-electron chi connectivity index (χ0n) is 13.8. The smallest absolute Gasteiger partial charge is 0.233 e. The monoisotopic (exact) mass is 373 g/mol. The van der Waals surface area contributed by atoms with Gasteiger partial charge in [0.15, 0.2) is 5.82 Å². The Morgan fingerprint density at radius 2 is 2.08 bits per heavy atom. The second kappa shape index (κ2) is 8.17. The van der Waals surface area contributed by atoms with Crippen LogP contribution in [-0.2, 0) is 11.3 Å². The molecule has 1 atom stereocenters. The molecule has 3 aromatic rings. The number of nitrogen functional groups attached to an aromatic ring is 1. The topological polar surface area (TPSA) is 85.8 Å². The SMILES string of the molecule is CCC(Sc1nnc(-c2cccs2)n1N)C(=O)NCc1ccccc1. The van der Waals surface area contributed by atoms with Crippen molar-refractivity contribution in [2.75, 3.05) is 5.84 Å². The van der Waals surface area contributed by atoms with Gasteiger partial charge in [0, 0.05) is 6.54 Å². The molecule has 3 N–H and O–H groups in total. The molecular weight excluding hydrogens is 354 g/mol. The molecule has 130 valence electrons. The molecule has 0 aliphatic heterocycles. The fourth-order valence-electron chi connectivity index (χ4n) is 2.28. The van der Waals surface area contributed by atoms with Crippen LogP contribution in [0.15, 0.2) is 53.0 Å². The van der Waals surface area contributed by atoms with E-state index in [4.69, 9.17) is 5.84 Å². The molecule has 3 rings (SSSR count). The van der Waals surface area contributed by atoms with Gasteiger partial charge in [-0.1, -0.05) is 55.1 Å². The molecule has 0 aliphatic carbocycles. The maximum absolute atomic E-state index is 12.5. The number of carbonyl (C=O) groups excluding carboxylic acids is 1. The van der Waals surface area contributed by atoms with Crippen LogP contribution >= 0.6 is 23.1 Å². The Morgan fingerprint density at radius 3 is 2.76 bits per heavy atom. The van der Waals surface area contributed by atoms with Crippen molar-refractivity contribution in [3.8, 4) is 10.7 Å². The van der Waals surface area contributed by atoms with Crippen LogP contribution in [0.5, 0.6) is 0 Å². The Bertz CT molecular complexity index is 817. The number of benzene rings is 1. The van der Waals surface area contributed by atoms with Gasteiger partial charge in [-0.2, -0.15) is 0 Å². The van der Waals surface area contributed by atoms with Crippen LogP contribution in [0.25, 0.3) is 10.7 Å². The lowest BCUT2D eigenvalue weighted by atomic mass is 10.2. The first-order valence-corrected chi connectivity index (χ1v) is 9.67. The molecule has 0 saturated heterocycles. The third-order valence-electron chi connectivity index (χ3n) is 3.63. The van der Waals surface area contributed by atoms with Crippen molar-refractivity contribution >= 4 is 29.0 Å². The van der Waals surface area contributed by atoms with Gasteiger partial charge < -0.3 is 11.2 Å². The molecule has 2 heterocycles. The zero-order valence-corrected chi connectivity index (χ0v) is 15.4. The lowest BCUT2D eigenvalue weighted by molar-refractivity contribution is -0.120. The van der Waals surface area contributed by atoms with E-state index in [0.29, 0.717) is 23.9 Å². The number of nitrogens with two attached hydrogens (primary N) is 1. The lowest BCUT2D eigenvalue weighted by Crippen LogP contribution is -2.32. The van der Waals surface area contributed by atoms with E-state index in [-0.39, 0.29) is 11.2 Å². The molecule has 0 fully saturated rings. The molecule has 1 aromatic carbocycles. The summed E-state index contributed by atoms with van der Waals surface area (Å²) in [6.07, 6.45) is 0.673. The number of carbonyl (C=O) groups is 1. The predicted molar refractivity (Wildman–Crippen MR) is 102 cm³/mol. The summed E-state index contributed by atoms with van der Waals surface area (Å²) in [5.41, 5.74) is 1.07. The van der Waals surface area contributed by atoms with Gasteiger partial charge in [0.25, 0.3) is 0 Å². The van der Waals surface area contributed by atoms with E-state index in [0.717, 1.165) is 10.4 Å². The van der Waals surface area contributed by atoms with E-state index in [2.05, 4.69) is 15.5 Å². The average Bonchev–Trinajstić information content (AvgIpc) is 3.28. The van der Waals surface area contributed by atoms with E-state index >= 15 is 0 Å². The molecule has 6 nitrogen and oxygen atoms in total. The maximum Gasteiger partial charge on any atom is 0.233 e. The van der Waals surface area contributed by atoms with Gasteiger partial charge in [0.2, 0.25) is 11.1 Å². The van der Waals surface area contributed by atoms with Crippen molar-refractivity contribution in [3.63, 3.8) is 0 Å². The zero-order chi connectivity index (χ0) is 17.6. The van der Waals surface area contributed by atoms with E-state index < -0.39 is 0 Å². The summed E-state index contributed by atoms with van der Waals surface area (Å²) >= 11 is 2.88. The highest BCUT2D eigenvalue weighted by molar-refractivity contribution is 8.00. The van der Waals surface area contributed by atoms with Gasteiger partial charge in [-0.3, -0.25) is 4.79 Å². The number of thioether (sulfide) groups is 1. The van der Waals surface area contributed by atoms with Crippen LogP contribution in [-0.4, -0.2) is 26.0 Å². The number of rotatable bonds is 7. The normalized spacial score (nSPS) is 12.0. The van der Waals surface area contributed by atoms with Crippen molar-refractivity contribution in [2.24, 2.45) is 0 Å². The van der Waals surface area contributed by atoms with E-state index in [1.54, 1.807) is 11.3 Å². The summed E-state index contributed by atoms with van der Waals surface area (Å²) in [5.74, 6) is 6.69. The molecule has 0 saturated carbocycles. The average molecular weight is 374 g/mol. The summed E-state index contributed by atoms with van der Waals surface area (Å²) < 4.78 is 1.45. The minimum absolute atomic E-state index is 0.0305. The van der Waals surface area contributed by atoms with E-state index in [9.17, 15) is 4.79 Å². The Balaban J connectivity index is 1.65. The molecule has 1 unspecified atom stereocenters. The van der Waals surface area contributed by atoms with Gasteiger partial charge in [0.1, 0.15) is 0 Å². The summed E-state index contributed by atoms with van der Waals surface area (Å²) in [5, 5.41) is 13.5. The first-order valence-electron chi connectivity index (χ1n) is 7.91. The van der Waals surface area contributed by atoms with Gasteiger partial charge in [-0.05, 0) is 23.4 Å². The molecular formula is C17H19N5OS2. The first-order chi connectivity index (χ1) is 12.2. The predicted octanol–water partition coefficient (Wildman–Crippen LogP) is 2.91. The highest BCUT2D eigenvalue weighted by Gasteiger charge is 2.22. The molecule has 2 aromatic heterocycles. The third kappa shape index (κ3) is 4.21. The second-order valence-electron chi connectivity index (χ2n) is 5.37. The van der Waals surface area contributed by atoms with E-state index in [1.165, 1.54) is 16.4 Å². The Hall–Kier alpha value is -2.32. The van der Waals surface area contributed by atoms with Crippen molar-refractivity contribution in [1.29, 1.82) is 0 Å². The largest absolute Gasteiger partial charge is 0.351 e. The fraction of sp³-hybridized carbons (Fsp3) is 0.235. The summed E-state index contributed by atoms with van der Waals surface area (Å²) in [4.78, 5) is 13.4. The van der Waals surface area contributed by atoms with Crippen LogP contribution in [0, 0.1) is 0 Å². The third-order valence-corrected chi connectivity index (χ3v) is 5.81. The molecule has 0 bridgehead atoms. The van der Waals surface area contributed by atoms with E-state index in [1.807, 2.05) is 54.8 Å². The summed E-state index contributed by atoms with van der Waals surface area (Å²) in [6, 6.07) is 13.7. The quantitative estimate of drug-likeness (QED) is 0.491. The van der Waals surface area contributed by atoms with Gasteiger partial charge in [0.05, 0.1) is 10.1 Å². The second-order valence-corrected chi connectivity index (χ2v) is 7.49. The van der Waals surface area contributed by atoms with Crippen LogP contribution in [0.1, 0.15) is 18.9 Å². The van der Waals surface area contributed by atoms with Crippen molar-refractivity contribution in [2.45, 2.75) is 30.3 Å². The lowest BCUT2D eigenvalue weighted by Gasteiger charge is -2.14. The Morgan fingerprint density at radius 1 is 1.28 bits per heavy atom.